The highest BCUT2D eigenvalue weighted by Crippen LogP contribution is 2.14. The smallest absolute Gasteiger partial charge is 0.207 e. The van der Waals surface area contributed by atoms with E-state index in [1.165, 1.54) is 6.08 Å². The summed E-state index contributed by atoms with van der Waals surface area (Å²) < 4.78 is 21.5. The Labute approximate surface area is 72.0 Å². The summed E-state index contributed by atoms with van der Waals surface area (Å²) in [6, 6.07) is 0. The summed E-state index contributed by atoms with van der Waals surface area (Å²) in [6.45, 7) is 3.56. The van der Waals surface area contributed by atoms with E-state index in [1.807, 2.05) is 6.92 Å². The lowest BCUT2D eigenvalue weighted by Crippen LogP contribution is -1.92. The van der Waals surface area contributed by atoms with Crippen LogP contribution in [0, 0.1) is 0 Å². The van der Waals surface area contributed by atoms with E-state index in [9.17, 15) is 8.42 Å². The van der Waals surface area contributed by atoms with Gasteiger partial charge in [-0.3, -0.25) is 0 Å². The number of halogens is 1. The first kappa shape index (κ1) is 10.7. The van der Waals surface area contributed by atoms with E-state index >= 15 is 0 Å². The molecule has 0 saturated heterocycles. The first-order valence-electron chi connectivity index (χ1n) is 3.29. The van der Waals surface area contributed by atoms with Crippen LogP contribution in [0.15, 0.2) is 23.1 Å². The summed E-state index contributed by atoms with van der Waals surface area (Å²) in [5.41, 5.74) is 0. The Balaban J connectivity index is 4.69. The van der Waals surface area contributed by atoms with Crippen LogP contribution in [0.4, 0.5) is 0 Å². The molecule has 0 atom stereocenters. The largest absolute Gasteiger partial charge is 0.257 e. The van der Waals surface area contributed by atoms with Gasteiger partial charge in [0.2, 0.25) is 0 Å². The fraction of sp³-hybridized carbons (Fsp3) is 0.429. The van der Waals surface area contributed by atoms with Crippen molar-refractivity contribution < 1.29 is 8.42 Å². The van der Waals surface area contributed by atoms with Gasteiger partial charge in [0.05, 0.1) is 4.91 Å². The zero-order chi connectivity index (χ0) is 8.91. The second-order valence-electron chi connectivity index (χ2n) is 1.95. The van der Waals surface area contributed by atoms with Crippen LogP contribution in [0.5, 0.6) is 0 Å². The molecule has 0 bridgehead atoms. The van der Waals surface area contributed by atoms with Gasteiger partial charge in [-0.15, -0.1) is 0 Å². The standard InChI is InChI=1S/C7H11ClO2S/c1-3-5-6-7(4-2)11(8,9)10/h3,5-6H,4H2,1-2H3/b5-3-,7-6+. The first-order valence-corrected chi connectivity index (χ1v) is 5.59. The van der Waals surface area contributed by atoms with Crippen LogP contribution in [0.2, 0.25) is 0 Å². The quantitative estimate of drug-likeness (QED) is 0.511. The van der Waals surface area contributed by atoms with E-state index in [-0.39, 0.29) is 4.91 Å². The second-order valence-corrected chi connectivity index (χ2v) is 4.57. The molecular formula is C7H11ClO2S. The van der Waals surface area contributed by atoms with Gasteiger partial charge in [-0.05, 0) is 19.4 Å². The Kier molecular flexibility index (Phi) is 4.45. The normalized spacial score (nSPS) is 14.3. The highest BCUT2D eigenvalue weighted by atomic mass is 35.7. The third-order valence-corrected chi connectivity index (χ3v) is 2.78. The molecule has 0 fully saturated rings. The zero-order valence-electron chi connectivity index (χ0n) is 6.54. The van der Waals surface area contributed by atoms with Crippen molar-refractivity contribution in [2.24, 2.45) is 0 Å². The fourth-order valence-electron chi connectivity index (χ4n) is 0.575. The molecule has 0 saturated carbocycles. The van der Waals surface area contributed by atoms with E-state index in [2.05, 4.69) is 0 Å². The SMILES string of the molecule is C/C=C\C=C(/CC)S(=O)(=O)Cl. The molecule has 0 heterocycles. The maximum atomic E-state index is 10.7. The molecule has 0 unspecified atom stereocenters. The van der Waals surface area contributed by atoms with Gasteiger partial charge in [0.1, 0.15) is 0 Å². The molecule has 2 nitrogen and oxygen atoms in total. The zero-order valence-corrected chi connectivity index (χ0v) is 8.11. The summed E-state index contributed by atoms with van der Waals surface area (Å²) >= 11 is 0. The Morgan fingerprint density at radius 2 is 2.09 bits per heavy atom. The molecule has 0 aromatic heterocycles. The van der Waals surface area contributed by atoms with Crippen molar-refractivity contribution in [3.63, 3.8) is 0 Å². The Morgan fingerprint density at radius 1 is 1.55 bits per heavy atom. The van der Waals surface area contributed by atoms with Gasteiger partial charge >= 0.3 is 0 Å². The van der Waals surface area contributed by atoms with Crippen molar-refractivity contribution in [1.82, 2.24) is 0 Å². The number of allylic oxidation sites excluding steroid dienone is 4. The van der Waals surface area contributed by atoms with Crippen LogP contribution in [0.3, 0.4) is 0 Å². The van der Waals surface area contributed by atoms with Crippen LogP contribution in [0.1, 0.15) is 20.3 Å². The molecule has 0 aliphatic carbocycles. The van der Waals surface area contributed by atoms with Crippen molar-refractivity contribution in [3.8, 4) is 0 Å². The van der Waals surface area contributed by atoms with Crippen molar-refractivity contribution in [3.05, 3.63) is 23.1 Å². The number of hydrogen-bond donors (Lipinski definition) is 0. The summed E-state index contributed by atoms with van der Waals surface area (Å²) in [6.07, 6.45) is 5.33. The van der Waals surface area contributed by atoms with Crippen LogP contribution >= 0.6 is 10.7 Å². The maximum absolute atomic E-state index is 10.7. The molecule has 0 aliphatic heterocycles. The Hall–Kier alpha value is -0.280. The van der Waals surface area contributed by atoms with Crippen molar-refractivity contribution >= 4 is 19.7 Å². The topological polar surface area (TPSA) is 34.1 Å². The monoisotopic (exact) mass is 194 g/mol. The maximum Gasteiger partial charge on any atom is 0.257 e. The molecule has 0 amide bonds. The van der Waals surface area contributed by atoms with Crippen LogP contribution in [-0.2, 0) is 9.05 Å². The summed E-state index contributed by atoms with van der Waals surface area (Å²) in [5.74, 6) is 0. The van der Waals surface area contributed by atoms with Gasteiger partial charge < -0.3 is 0 Å². The van der Waals surface area contributed by atoms with Crippen molar-refractivity contribution in [2.45, 2.75) is 20.3 Å². The first-order chi connectivity index (χ1) is 5.02. The molecule has 0 N–H and O–H groups in total. The molecule has 0 spiro atoms. The number of hydrogen-bond acceptors (Lipinski definition) is 2. The third-order valence-electron chi connectivity index (χ3n) is 1.14. The summed E-state index contributed by atoms with van der Waals surface area (Å²) in [7, 11) is 1.60. The fourth-order valence-corrected chi connectivity index (χ4v) is 1.64. The average Bonchev–Trinajstić information content (AvgIpc) is 1.87. The van der Waals surface area contributed by atoms with E-state index in [1.54, 1.807) is 19.1 Å². The highest BCUT2D eigenvalue weighted by molar-refractivity contribution is 8.16. The van der Waals surface area contributed by atoms with Crippen LogP contribution in [-0.4, -0.2) is 8.42 Å². The number of rotatable bonds is 3. The van der Waals surface area contributed by atoms with E-state index < -0.39 is 9.05 Å². The lowest BCUT2D eigenvalue weighted by atomic mass is 10.4. The van der Waals surface area contributed by atoms with Gasteiger partial charge in [-0.1, -0.05) is 19.1 Å². The molecule has 0 aromatic carbocycles. The molecule has 0 aliphatic rings. The van der Waals surface area contributed by atoms with Gasteiger partial charge in [0.15, 0.2) is 0 Å². The third kappa shape index (κ3) is 4.22. The van der Waals surface area contributed by atoms with Gasteiger partial charge in [0, 0.05) is 10.7 Å². The van der Waals surface area contributed by atoms with E-state index in [0.717, 1.165) is 0 Å². The van der Waals surface area contributed by atoms with Gasteiger partial charge in [-0.25, -0.2) is 8.42 Å². The highest BCUT2D eigenvalue weighted by Gasteiger charge is 2.09. The summed E-state index contributed by atoms with van der Waals surface area (Å²) in [5, 5.41) is 0. The van der Waals surface area contributed by atoms with Crippen molar-refractivity contribution in [1.29, 1.82) is 0 Å². The summed E-state index contributed by atoms with van der Waals surface area (Å²) in [4.78, 5) is 0.247. The molecule has 0 radical (unpaired) electrons. The Morgan fingerprint density at radius 3 is 2.36 bits per heavy atom. The molecule has 11 heavy (non-hydrogen) atoms. The van der Waals surface area contributed by atoms with E-state index in [0.29, 0.717) is 6.42 Å². The van der Waals surface area contributed by atoms with Gasteiger partial charge in [0.25, 0.3) is 9.05 Å². The van der Waals surface area contributed by atoms with E-state index in [4.69, 9.17) is 10.7 Å². The second kappa shape index (κ2) is 4.57. The molecular weight excluding hydrogens is 184 g/mol. The molecule has 0 rings (SSSR count). The average molecular weight is 195 g/mol. The van der Waals surface area contributed by atoms with Crippen molar-refractivity contribution in [2.75, 3.05) is 0 Å². The predicted octanol–water partition coefficient (Wildman–Crippen LogP) is 2.43. The van der Waals surface area contributed by atoms with Gasteiger partial charge in [-0.2, -0.15) is 0 Å². The lowest BCUT2D eigenvalue weighted by Gasteiger charge is -1.95. The molecule has 64 valence electrons. The minimum absolute atomic E-state index is 0.247. The lowest BCUT2D eigenvalue weighted by molar-refractivity contribution is 0.613. The Bertz CT molecular complexity index is 262. The molecule has 0 aromatic rings. The minimum Gasteiger partial charge on any atom is -0.207 e. The predicted molar refractivity (Wildman–Crippen MR) is 48.0 cm³/mol. The van der Waals surface area contributed by atoms with Crippen LogP contribution in [0.25, 0.3) is 0 Å². The minimum atomic E-state index is -3.51. The molecule has 4 heteroatoms. The van der Waals surface area contributed by atoms with Crippen LogP contribution < -0.4 is 0 Å².